The van der Waals surface area contributed by atoms with Crippen LogP contribution in [-0.4, -0.2) is 25.9 Å². The van der Waals surface area contributed by atoms with Gasteiger partial charge in [-0.2, -0.15) is 11.8 Å². The average Bonchev–Trinajstić information content (AvgIpc) is 2.71. The van der Waals surface area contributed by atoms with Crippen LogP contribution in [0.15, 0.2) is 6.07 Å². The maximum absolute atomic E-state index is 3.51. The van der Waals surface area contributed by atoms with Gasteiger partial charge in [-0.05, 0) is 50.4 Å². The van der Waals surface area contributed by atoms with Crippen LogP contribution in [0.3, 0.4) is 0 Å². The van der Waals surface area contributed by atoms with Crippen LogP contribution in [-0.2, 0) is 18.7 Å². The topological polar surface area (TPSA) is 24.1 Å². The molecule has 1 aliphatic heterocycles. The lowest BCUT2D eigenvalue weighted by Gasteiger charge is -2.08. The lowest BCUT2D eigenvalue weighted by atomic mass is 10.2. The maximum Gasteiger partial charge on any atom is 0.0299 e. The van der Waals surface area contributed by atoms with E-state index in [9.17, 15) is 0 Å². The molecular weight excluding hydrogens is 236 g/mol. The molecule has 0 amide bonds. The van der Waals surface area contributed by atoms with Gasteiger partial charge in [0.1, 0.15) is 0 Å². The fraction of sp³-hybridized carbons (Fsp3) is 0.667. The molecule has 0 aliphatic carbocycles. The van der Waals surface area contributed by atoms with Crippen LogP contribution < -0.4 is 10.6 Å². The normalized spacial score (nSPS) is 15.1. The second kappa shape index (κ2) is 6.64. The smallest absolute Gasteiger partial charge is 0.0299 e. The fourth-order valence-corrected chi connectivity index (χ4v) is 4.25. The van der Waals surface area contributed by atoms with Gasteiger partial charge in [0.25, 0.3) is 0 Å². The molecule has 0 bridgehead atoms. The van der Waals surface area contributed by atoms with Gasteiger partial charge in [0.2, 0.25) is 0 Å². The Bertz CT molecular complexity index is 299. The molecule has 0 atom stereocenters. The monoisotopic (exact) mass is 256 g/mol. The molecule has 0 radical (unpaired) electrons. The van der Waals surface area contributed by atoms with Gasteiger partial charge >= 0.3 is 0 Å². The standard InChI is InChI=1S/C12H20N2S2/c1-13-4-2-5-14-8-11-7-10-9-15-6-3-12(10)16-11/h7,13-14H,2-6,8-9H2,1H3. The zero-order valence-corrected chi connectivity index (χ0v) is 11.5. The summed E-state index contributed by atoms with van der Waals surface area (Å²) in [6.45, 7) is 3.26. The van der Waals surface area contributed by atoms with E-state index in [1.54, 1.807) is 10.4 Å². The Balaban J connectivity index is 1.74. The zero-order chi connectivity index (χ0) is 11.2. The molecule has 0 unspecified atom stereocenters. The van der Waals surface area contributed by atoms with E-state index in [0.717, 1.165) is 19.6 Å². The molecule has 0 spiro atoms. The minimum Gasteiger partial charge on any atom is -0.320 e. The minimum absolute atomic E-state index is 1.05. The third-order valence-electron chi connectivity index (χ3n) is 2.76. The number of rotatable bonds is 6. The average molecular weight is 256 g/mol. The Morgan fingerprint density at radius 3 is 3.12 bits per heavy atom. The third-order valence-corrected chi connectivity index (χ3v) is 5.00. The van der Waals surface area contributed by atoms with Crippen LogP contribution in [0.25, 0.3) is 0 Å². The van der Waals surface area contributed by atoms with E-state index >= 15 is 0 Å². The van der Waals surface area contributed by atoms with Gasteiger partial charge in [-0.15, -0.1) is 11.3 Å². The van der Waals surface area contributed by atoms with Crippen LogP contribution in [0, 0.1) is 0 Å². The molecule has 2 N–H and O–H groups in total. The minimum atomic E-state index is 1.05. The molecule has 4 heteroatoms. The van der Waals surface area contributed by atoms with Crippen molar-refractivity contribution < 1.29 is 0 Å². The van der Waals surface area contributed by atoms with Gasteiger partial charge in [-0.25, -0.2) is 0 Å². The van der Waals surface area contributed by atoms with Gasteiger partial charge in [0, 0.05) is 22.1 Å². The van der Waals surface area contributed by atoms with Gasteiger partial charge in [-0.1, -0.05) is 0 Å². The van der Waals surface area contributed by atoms with Crippen molar-refractivity contribution in [1.82, 2.24) is 10.6 Å². The molecule has 0 fully saturated rings. The summed E-state index contributed by atoms with van der Waals surface area (Å²) in [7, 11) is 2.00. The molecule has 0 saturated heterocycles. The summed E-state index contributed by atoms with van der Waals surface area (Å²) in [6, 6.07) is 2.40. The van der Waals surface area contributed by atoms with Crippen molar-refractivity contribution in [2.24, 2.45) is 0 Å². The highest BCUT2D eigenvalue weighted by Crippen LogP contribution is 2.31. The Hall–Kier alpha value is -0.0300. The Morgan fingerprint density at radius 2 is 2.31 bits per heavy atom. The summed E-state index contributed by atoms with van der Waals surface area (Å²) in [5.74, 6) is 2.54. The van der Waals surface area contributed by atoms with E-state index in [1.165, 1.54) is 29.2 Å². The van der Waals surface area contributed by atoms with Crippen molar-refractivity contribution in [3.63, 3.8) is 0 Å². The molecule has 90 valence electrons. The van der Waals surface area contributed by atoms with Crippen molar-refractivity contribution in [2.75, 3.05) is 25.9 Å². The first kappa shape index (κ1) is 12.4. The van der Waals surface area contributed by atoms with Crippen LogP contribution in [0.5, 0.6) is 0 Å². The summed E-state index contributed by atoms with van der Waals surface area (Å²) < 4.78 is 0. The van der Waals surface area contributed by atoms with E-state index in [-0.39, 0.29) is 0 Å². The van der Waals surface area contributed by atoms with Crippen LogP contribution in [0.1, 0.15) is 21.7 Å². The van der Waals surface area contributed by atoms with Crippen LogP contribution >= 0.6 is 23.1 Å². The SMILES string of the molecule is CNCCCNCc1cc2c(s1)CCSC2. The van der Waals surface area contributed by atoms with Gasteiger partial charge in [0.05, 0.1) is 0 Å². The van der Waals surface area contributed by atoms with E-state index < -0.39 is 0 Å². The predicted molar refractivity (Wildman–Crippen MR) is 74.4 cm³/mol. The Morgan fingerprint density at radius 1 is 1.38 bits per heavy atom. The largest absolute Gasteiger partial charge is 0.320 e. The van der Waals surface area contributed by atoms with Crippen molar-refractivity contribution in [3.8, 4) is 0 Å². The Kier molecular flexibility index (Phi) is 5.16. The molecule has 0 saturated carbocycles. The lowest BCUT2D eigenvalue weighted by molar-refractivity contribution is 0.629. The maximum atomic E-state index is 3.51. The van der Waals surface area contributed by atoms with E-state index in [2.05, 4.69) is 28.5 Å². The third kappa shape index (κ3) is 3.48. The number of hydrogen-bond donors (Lipinski definition) is 2. The van der Waals surface area contributed by atoms with E-state index in [1.807, 2.05) is 18.4 Å². The molecule has 2 nitrogen and oxygen atoms in total. The van der Waals surface area contributed by atoms with Gasteiger partial charge in [0.15, 0.2) is 0 Å². The summed E-state index contributed by atoms with van der Waals surface area (Å²) >= 11 is 4.07. The molecule has 2 heterocycles. The summed E-state index contributed by atoms with van der Waals surface area (Å²) in [5.41, 5.74) is 1.59. The molecule has 2 rings (SSSR count). The Labute approximate surface area is 106 Å². The highest BCUT2D eigenvalue weighted by molar-refractivity contribution is 7.98. The second-order valence-electron chi connectivity index (χ2n) is 4.10. The molecule has 1 aromatic rings. The predicted octanol–water partition coefficient (Wildman–Crippen LogP) is 2.24. The first-order valence-electron chi connectivity index (χ1n) is 5.93. The first-order valence-corrected chi connectivity index (χ1v) is 7.91. The number of fused-ring (bicyclic) bond motifs is 1. The highest BCUT2D eigenvalue weighted by atomic mass is 32.2. The zero-order valence-electron chi connectivity index (χ0n) is 9.84. The van der Waals surface area contributed by atoms with Gasteiger partial charge in [-0.3, -0.25) is 0 Å². The summed E-state index contributed by atoms with van der Waals surface area (Å²) in [6.07, 6.45) is 2.49. The van der Waals surface area contributed by atoms with Crippen molar-refractivity contribution in [1.29, 1.82) is 0 Å². The first-order chi connectivity index (χ1) is 7.90. The number of hydrogen-bond acceptors (Lipinski definition) is 4. The number of nitrogens with one attached hydrogen (secondary N) is 2. The second-order valence-corrected chi connectivity index (χ2v) is 6.42. The summed E-state index contributed by atoms with van der Waals surface area (Å²) in [4.78, 5) is 3.14. The molecule has 16 heavy (non-hydrogen) atoms. The number of aryl methyl sites for hydroxylation is 1. The van der Waals surface area contributed by atoms with Gasteiger partial charge < -0.3 is 10.6 Å². The van der Waals surface area contributed by atoms with Crippen molar-refractivity contribution >= 4 is 23.1 Å². The number of thioether (sulfide) groups is 1. The fourth-order valence-electron chi connectivity index (χ4n) is 1.90. The lowest BCUT2D eigenvalue weighted by Crippen LogP contribution is -2.18. The molecule has 0 aromatic carbocycles. The highest BCUT2D eigenvalue weighted by Gasteiger charge is 2.12. The van der Waals surface area contributed by atoms with Crippen LogP contribution in [0.2, 0.25) is 0 Å². The van der Waals surface area contributed by atoms with Crippen molar-refractivity contribution in [2.45, 2.75) is 25.1 Å². The van der Waals surface area contributed by atoms with E-state index in [0.29, 0.717) is 0 Å². The summed E-state index contributed by atoms with van der Waals surface area (Å²) in [5, 5.41) is 6.68. The van der Waals surface area contributed by atoms with Crippen LogP contribution in [0.4, 0.5) is 0 Å². The molecular formula is C12H20N2S2. The quantitative estimate of drug-likeness (QED) is 0.763. The molecule has 1 aliphatic rings. The molecule has 1 aromatic heterocycles. The van der Waals surface area contributed by atoms with E-state index in [4.69, 9.17) is 0 Å². The number of thiophene rings is 1. The van der Waals surface area contributed by atoms with Crippen molar-refractivity contribution in [3.05, 3.63) is 21.4 Å².